The van der Waals surface area contributed by atoms with Crippen molar-refractivity contribution in [1.29, 1.82) is 0 Å². The van der Waals surface area contributed by atoms with Gasteiger partial charge < -0.3 is 19.7 Å². The average molecular weight is 493 g/mol. The molecule has 0 unspecified atom stereocenters. The summed E-state index contributed by atoms with van der Waals surface area (Å²) in [6.07, 6.45) is 4.19. The molecule has 1 aromatic heterocycles. The number of rotatable bonds is 10. The number of tetrazole rings is 1. The Bertz CT molecular complexity index is 1180. The zero-order valence-electron chi connectivity index (χ0n) is 20.9. The topological polar surface area (TPSA) is 111 Å². The molecule has 0 spiro atoms. The molecular formula is C26H32N6O4. The van der Waals surface area contributed by atoms with Gasteiger partial charge in [0.05, 0.1) is 14.2 Å². The zero-order chi connectivity index (χ0) is 25.5. The molecule has 0 saturated heterocycles. The Hall–Kier alpha value is -3.95. The number of aromatic nitrogens is 4. The lowest BCUT2D eigenvalue weighted by molar-refractivity contribution is -0.141. The third kappa shape index (κ3) is 5.99. The molecule has 1 atom stereocenters. The summed E-state index contributed by atoms with van der Waals surface area (Å²) < 4.78 is 10.6. The second-order valence-corrected chi connectivity index (χ2v) is 8.89. The van der Waals surface area contributed by atoms with Crippen molar-refractivity contribution in [2.24, 2.45) is 0 Å². The number of carbonyl (C=O) groups excluding carboxylic acids is 2. The van der Waals surface area contributed by atoms with Crippen molar-refractivity contribution >= 4 is 11.8 Å². The maximum Gasteiger partial charge on any atom is 0.247 e. The molecular weight excluding hydrogens is 460 g/mol. The van der Waals surface area contributed by atoms with Crippen molar-refractivity contribution in [1.82, 2.24) is 30.4 Å². The maximum atomic E-state index is 13.4. The van der Waals surface area contributed by atoms with Gasteiger partial charge >= 0.3 is 0 Å². The fourth-order valence-electron chi connectivity index (χ4n) is 4.37. The number of hydrogen-bond donors (Lipinski definition) is 1. The van der Waals surface area contributed by atoms with Gasteiger partial charge in [0, 0.05) is 18.2 Å². The second kappa shape index (κ2) is 11.7. The molecule has 36 heavy (non-hydrogen) atoms. The van der Waals surface area contributed by atoms with Crippen LogP contribution in [-0.2, 0) is 22.7 Å². The molecule has 2 amide bonds. The van der Waals surface area contributed by atoms with Crippen LogP contribution < -0.4 is 14.8 Å². The van der Waals surface area contributed by atoms with Crippen molar-refractivity contribution in [2.45, 2.75) is 57.8 Å². The Kier molecular flexibility index (Phi) is 8.14. The van der Waals surface area contributed by atoms with Crippen LogP contribution in [0.1, 0.15) is 38.2 Å². The molecule has 10 heteroatoms. The minimum absolute atomic E-state index is 0.145. The van der Waals surface area contributed by atoms with Gasteiger partial charge in [-0.1, -0.05) is 43.2 Å². The Morgan fingerprint density at radius 3 is 2.50 bits per heavy atom. The van der Waals surface area contributed by atoms with Gasteiger partial charge in [-0.15, -0.1) is 10.2 Å². The molecule has 0 bridgehead atoms. The minimum atomic E-state index is -0.646. The predicted molar refractivity (Wildman–Crippen MR) is 133 cm³/mol. The van der Waals surface area contributed by atoms with Crippen molar-refractivity contribution in [3.63, 3.8) is 0 Å². The number of amides is 2. The second-order valence-electron chi connectivity index (χ2n) is 8.89. The molecule has 190 valence electrons. The van der Waals surface area contributed by atoms with Crippen LogP contribution in [0.25, 0.3) is 11.4 Å². The van der Waals surface area contributed by atoms with E-state index in [9.17, 15) is 9.59 Å². The van der Waals surface area contributed by atoms with E-state index in [4.69, 9.17) is 9.47 Å². The van der Waals surface area contributed by atoms with Crippen LogP contribution in [-0.4, -0.2) is 63.2 Å². The highest BCUT2D eigenvalue weighted by Gasteiger charge is 2.29. The molecule has 4 rings (SSSR count). The highest BCUT2D eigenvalue weighted by Crippen LogP contribution is 2.30. The third-order valence-electron chi connectivity index (χ3n) is 6.44. The lowest BCUT2D eigenvalue weighted by atomic mass is 10.1. The highest BCUT2D eigenvalue weighted by atomic mass is 16.5. The molecule has 0 radical (unpaired) electrons. The van der Waals surface area contributed by atoms with Gasteiger partial charge in [0.2, 0.25) is 17.6 Å². The summed E-state index contributed by atoms with van der Waals surface area (Å²) in [5.41, 5.74) is 1.61. The average Bonchev–Trinajstić information content (AvgIpc) is 3.59. The number of carbonyl (C=O) groups is 2. The first-order valence-electron chi connectivity index (χ1n) is 12.1. The van der Waals surface area contributed by atoms with Crippen LogP contribution in [0.3, 0.4) is 0 Å². The number of methoxy groups -OCH3 is 2. The quantitative estimate of drug-likeness (QED) is 0.463. The maximum absolute atomic E-state index is 13.4. The Balaban J connectivity index is 1.50. The molecule has 10 nitrogen and oxygen atoms in total. The van der Waals surface area contributed by atoms with Crippen molar-refractivity contribution in [3.05, 3.63) is 54.1 Å². The third-order valence-corrected chi connectivity index (χ3v) is 6.44. The minimum Gasteiger partial charge on any atom is -0.493 e. The zero-order valence-corrected chi connectivity index (χ0v) is 20.9. The number of hydrogen-bond acceptors (Lipinski definition) is 7. The summed E-state index contributed by atoms with van der Waals surface area (Å²) in [4.78, 5) is 29.2. The summed E-state index contributed by atoms with van der Waals surface area (Å²) in [6.45, 7) is 1.92. The van der Waals surface area contributed by atoms with Crippen molar-refractivity contribution < 1.29 is 19.1 Å². The van der Waals surface area contributed by atoms with E-state index in [0.717, 1.165) is 31.2 Å². The molecule has 1 aliphatic carbocycles. The van der Waals surface area contributed by atoms with E-state index < -0.39 is 6.04 Å². The molecule has 1 saturated carbocycles. The molecule has 1 fully saturated rings. The Labute approximate surface area is 210 Å². The van der Waals surface area contributed by atoms with Crippen LogP contribution in [0.15, 0.2) is 48.5 Å². The van der Waals surface area contributed by atoms with Crippen LogP contribution in [0, 0.1) is 0 Å². The van der Waals surface area contributed by atoms with Crippen LogP contribution in [0.5, 0.6) is 11.5 Å². The monoisotopic (exact) mass is 492 g/mol. The van der Waals surface area contributed by atoms with E-state index in [2.05, 4.69) is 20.7 Å². The molecule has 0 aliphatic heterocycles. The fourth-order valence-corrected chi connectivity index (χ4v) is 4.37. The van der Waals surface area contributed by atoms with E-state index in [0.29, 0.717) is 29.4 Å². The van der Waals surface area contributed by atoms with Gasteiger partial charge in [-0.25, -0.2) is 0 Å². The van der Waals surface area contributed by atoms with Crippen LogP contribution >= 0.6 is 0 Å². The normalized spacial score (nSPS) is 14.3. The summed E-state index contributed by atoms with van der Waals surface area (Å²) >= 11 is 0. The largest absolute Gasteiger partial charge is 0.493 e. The van der Waals surface area contributed by atoms with Crippen molar-refractivity contribution in [3.8, 4) is 22.9 Å². The van der Waals surface area contributed by atoms with Gasteiger partial charge in [-0.3, -0.25) is 9.59 Å². The van der Waals surface area contributed by atoms with E-state index in [1.165, 1.54) is 4.80 Å². The van der Waals surface area contributed by atoms with E-state index >= 15 is 0 Å². The van der Waals surface area contributed by atoms with Gasteiger partial charge in [0.1, 0.15) is 12.6 Å². The smallest absolute Gasteiger partial charge is 0.247 e. The number of ether oxygens (including phenoxy) is 2. The molecule has 2 aromatic carbocycles. The first kappa shape index (κ1) is 25.2. The van der Waals surface area contributed by atoms with Gasteiger partial charge in [0.15, 0.2) is 11.5 Å². The Morgan fingerprint density at radius 2 is 1.81 bits per heavy atom. The highest BCUT2D eigenvalue weighted by molar-refractivity contribution is 5.87. The Morgan fingerprint density at radius 1 is 1.08 bits per heavy atom. The number of nitrogens with one attached hydrogen (secondary N) is 1. The lowest BCUT2D eigenvalue weighted by Crippen LogP contribution is -2.50. The predicted octanol–water partition coefficient (Wildman–Crippen LogP) is 2.83. The number of benzene rings is 2. The van der Waals surface area contributed by atoms with E-state index in [-0.39, 0.29) is 24.4 Å². The standard InChI is InChI=1S/C26H32N6O4/c1-18(26(34)27-21-11-7-8-12-21)31(16-19-9-5-4-6-10-19)24(33)17-32-29-25(28-30-32)20-13-14-22(35-2)23(15-20)36-3/h4-6,9-10,13-15,18,21H,7-8,11-12,16-17H2,1-3H3,(H,27,34)/t18-/m0/s1. The van der Waals surface area contributed by atoms with Gasteiger partial charge in [-0.05, 0) is 48.7 Å². The first-order chi connectivity index (χ1) is 17.5. The molecule has 1 aliphatic rings. The lowest BCUT2D eigenvalue weighted by Gasteiger charge is -2.29. The molecule has 1 N–H and O–H groups in total. The van der Waals surface area contributed by atoms with Crippen LogP contribution in [0.2, 0.25) is 0 Å². The van der Waals surface area contributed by atoms with Crippen molar-refractivity contribution in [2.75, 3.05) is 14.2 Å². The SMILES string of the molecule is COc1ccc(-c2nnn(CC(=O)N(Cc3ccccc3)[C@@H](C)C(=O)NC3CCCC3)n2)cc1OC. The first-order valence-corrected chi connectivity index (χ1v) is 12.1. The summed E-state index contributed by atoms with van der Waals surface area (Å²) in [6, 6.07) is 14.4. The number of nitrogens with zero attached hydrogens (tertiary/aromatic N) is 5. The van der Waals surface area contributed by atoms with Crippen LogP contribution in [0.4, 0.5) is 0 Å². The molecule has 3 aromatic rings. The summed E-state index contributed by atoms with van der Waals surface area (Å²) in [5.74, 6) is 1.06. The van der Waals surface area contributed by atoms with Gasteiger partial charge in [0.25, 0.3) is 0 Å². The molecule has 1 heterocycles. The summed E-state index contributed by atoms with van der Waals surface area (Å²) in [7, 11) is 3.11. The summed E-state index contributed by atoms with van der Waals surface area (Å²) in [5, 5.41) is 15.6. The van der Waals surface area contributed by atoms with E-state index in [1.54, 1.807) is 44.2 Å². The van der Waals surface area contributed by atoms with Gasteiger partial charge in [-0.2, -0.15) is 4.80 Å². The van der Waals surface area contributed by atoms with E-state index in [1.807, 2.05) is 30.3 Å². The fraction of sp³-hybridized carbons (Fsp3) is 0.423.